The Balaban J connectivity index is 1.66. The first-order valence-electron chi connectivity index (χ1n) is 7.93. The van der Waals surface area contributed by atoms with Crippen LogP contribution in [0.3, 0.4) is 0 Å². The molecule has 4 nitrogen and oxygen atoms in total. The number of anilines is 1. The molecule has 1 saturated heterocycles. The van der Waals surface area contributed by atoms with E-state index >= 15 is 0 Å². The molecular weight excluding hydrogens is 276 g/mol. The SMILES string of the molecule is C[C@H]1OCCN[C@@H]1C(=O)Nc1ccc2c3c(cccc13)CC2. The maximum Gasteiger partial charge on any atom is 0.244 e. The van der Waals surface area contributed by atoms with Crippen molar-refractivity contribution in [2.24, 2.45) is 0 Å². The van der Waals surface area contributed by atoms with Crippen LogP contribution in [0.2, 0.25) is 0 Å². The van der Waals surface area contributed by atoms with Gasteiger partial charge >= 0.3 is 0 Å². The fraction of sp³-hybridized carbons (Fsp3) is 0.389. The fourth-order valence-corrected chi connectivity index (χ4v) is 3.59. The molecular formula is C18H20N2O2. The molecule has 2 aromatic rings. The molecule has 1 aliphatic heterocycles. The second-order valence-corrected chi connectivity index (χ2v) is 6.11. The van der Waals surface area contributed by atoms with E-state index in [1.54, 1.807) is 0 Å². The van der Waals surface area contributed by atoms with Crippen molar-refractivity contribution in [3.63, 3.8) is 0 Å². The molecule has 4 rings (SSSR count). The first kappa shape index (κ1) is 13.7. The van der Waals surface area contributed by atoms with E-state index in [2.05, 4.69) is 34.9 Å². The highest BCUT2D eigenvalue weighted by atomic mass is 16.5. The first-order valence-corrected chi connectivity index (χ1v) is 7.93. The van der Waals surface area contributed by atoms with Crippen LogP contribution in [0.1, 0.15) is 18.1 Å². The number of morpholine rings is 1. The third-order valence-electron chi connectivity index (χ3n) is 4.73. The zero-order valence-electron chi connectivity index (χ0n) is 12.7. The molecule has 2 aromatic carbocycles. The predicted molar refractivity (Wildman–Crippen MR) is 87.2 cm³/mol. The van der Waals surface area contributed by atoms with Gasteiger partial charge in [-0.05, 0) is 42.3 Å². The van der Waals surface area contributed by atoms with E-state index in [0.29, 0.717) is 13.2 Å². The minimum absolute atomic E-state index is 0.0223. The lowest BCUT2D eigenvalue weighted by Crippen LogP contribution is -2.53. The van der Waals surface area contributed by atoms with E-state index < -0.39 is 0 Å². The summed E-state index contributed by atoms with van der Waals surface area (Å²) in [5, 5.41) is 8.79. The number of carbonyl (C=O) groups excluding carboxylic acids is 1. The van der Waals surface area contributed by atoms with Crippen LogP contribution in [-0.4, -0.2) is 31.2 Å². The summed E-state index contributed by atoms with van der Waals surface area (Å²) in [7, 11) is 0. The zero-order chi connectivity index (χ0) is 15.1. The molecule has 2 N–H and O–H groups in total. The Bertz CT molecular complexity index is 731. The Kier molecular flexibility index (Phi) is 3.36. The molecule has 0 saturated carbocycles. The summed E-state index contributed by atoms with van der Waals surface area (Å²) >= 11 is 0. The Hall–Kier alpha value is -1.91. The van der Waals surface area contributed by atoms with Crippen LogP contribution in [0.25, 0.3) is 10.8 Å². The fourth-order valence-electron chi connectivity index (χ4n) is 3.59. The Morgan fingerprint density at radius 2 is 2.05 bits per heavy atom. The highest BCUT2D eigenvalue weighted by Gasteiger charge is 2.28. The predicted octanol–water partition coefficient (Wildman–Crippen LogP) is 2.25. The van der Waals surface area contributed by atoms with Crippen molar-refractivity contribution in [3.8, 4) is 0 Å². The van der Waals surface area contributed by atoms with Crippen LogP contribution in [0.4, 0.5) is 5.69 Å². The molecule has 1 amide bonds. The Morgan fingerprint density at radius 3 is 2.86 bits per heavy atom. The van der Waals surface area contributed by atoms with Gasteiger partial charge in [0.25, 0.3) is 0 Å². The largest absolute Gasteiger partial charge is 0.375 e. The van der Waals surface area contributed by atoms with Gasteiger partial charge in [0.1, 0.15) is 6.04 Å². The van der Waals surface area contributed by atoms with Gasteiger partial charge in [0.15, 0.2) is 0 Å². The van der Waals surface area contributed by atoms with Crippen LogP contribution in [-0.2, 0) is 22.4 Å². The Morgan fingerprint density at radius 1 is 1.23 bits per heavy atom. The van der Waals surface area contributed by atoms with Crippen LogP contribution >= 0.6 is 0 Å². The van der Waals surface area contributed by atoms with Crippen LogP contribution in [0, 0.1) is 0 Å². The Labute approximate surface area is 129 Å². The van der Waals surface area contributed by atoms with E-state index in [1.807, 2.05) is 13.0 Å². The van der Waals surface area contributed by atoms with E-state index in [1.165, 1.54) is 16.5 Å². The number of amides is 1. The molecule has 0 aromatic heterocycles. The lowest BCUT2D eigenvalue weighted by molar-refractivity contribution is -0.123. The molecule has 0 spiro atoms. The van der Waals surface area contributed by atoms with Crippen molar-refractivity contribution in [3.05, 3.63) is 41.5 Å². The molecule has 0 radical (unpaired) electrons. The molecule has 2 aliphatic rings. The van der Waals surface area contributed by atoms with E-state index in [9.17, 15) is 4.79 Å². The topological polar surface area (TPSA) is 50.4 Å². The van der Waals surface area contributed by atoms with Gasteiger partial charge in [-0.25, -0.2) is 0 Å². The maximum atomic E-state index is 12.6. The molecule has 1 heterocycles. The van der Waals surface area contributed by atoms with Gasteiger partial charge in [-0.2, -0.15) is 0 Å². The third kappa shape index (κ3) is 2.19. The summed E-state index contributed by atoms with van der Waals surface area (Å²) in [6, 6.07) is 10.2. The minimum atomic E-state index is -0.295. The summed E-state index contributed by atoms with van der Waals surface area (Å²) < 4.78 is 5.56. The van der Waals surface area contributed by atoms with Gasteiger partial charge in [-0.15, -0.1) is 0 Å². The van der Waals surface area contributed by atoms with Crippen molar-refractivity contribution in [1.29, 1.82) is 0 Å². The van der Waals surface area contributed by atoms with Crippen molar-refractivity contribution in [2.45, 2.75) is 31.9 Å². The van der Waals surface area contributed by atoms with Crippen molar-refractivity contribution >= 4 is 22.4 Å². The summed E-state index contributed by atoms with van der Waals surface area (Å²) in [5.74, 6) is -0.0223. The average molecular weight is 296 g/mol. The smallest absolute Gasteiger partial charge is 0.244 e. The number of hydrogen-bond acceptors (Lipinski definition) is 3. The molecule has 22 heavy (non-hydrogen) atoms. The van der Waals surface area contributed by atoms with Crippen LogP contribution < -0.4 is 10.6 Å². The van der Waals surface area contributed by atoms with Crippen molar-refractivity contribution < 1.29 is 9.53 Å². The molecule has 1 aliphatic carbocycles. The van der Waals surface area contributed by atoms with Crippen molar-refractivity contribution in [2.75, 3.05) is 18.5 Å². The van der Waals surface area contributed by atoms with Gasteiger partial charge in [0, 0.05) is 17.6 Å². The summed E-state index contributed by atoms with van der Waals surface area (Å²) in [6.07, 6.45) is 2.09. The number of benzene rings is 2. The second kappa shape index (κ2) is 5.38. The summed E-state index contributed by atoms with van der Waals surface area (Å²) in [5.41, 5.74) is 3.67. The lowest BCUT2D eigenvalue weighted by atomic mass is 10.0. The summed E-state index contributed by atoms with van der Waals surface area (Å²) in [6.45, 7) is 3.31. The second-order valence-electron chi connectivity index (χ2n) is 6.11. The maximum absolute atomic E-state index is 12.6. The van der Waals surface area contributed by atoms with Gasteiger partial charge < -0.3 is 15.4 Å². The van der Waals surface area contributed by atoms with E-state index in [4.69, 9.17) is 4.74 Å². The molecule has 114 valence electrons. The average Bonchev–Trinajstić information content (AvgIpc) is 2.95. The van der Waals surface area contributed by atoms with E-state index in [0.717, 1.165) is 23.9 Å². The minimum Gasteiger partial charge on any atom is -0.375 e. The van der Waals surface area contributed by atoms with Gasteiger partial charge in [0.2, 0.25) is 5.91 Å². The number of nitrogens with one attached hydrogen (secondary N) is 2. The highest BCUT2D eigenvalue weighted by Crippen LogP contribution is 2.35. The molecule has 2 atom stereocenters. The number of ether oxygens (including phenoxy) is 1. The third-order valence-corrected chi connectivity index (χ3v) is 4.73. The number of hydrogen-bond donors (Lipinski definition) is 2. The summed E-state index contributed by atoms with van der Waals surface area (Å²) in [4.78, 5) is 12.6. The van der Waals surface area contributed by atoms with Gasteiger partial charge in [0.05, 0.1) is 12.7 Å². The zero-order valence-corrected chi connectivity index (χ0v) is 12.7. The van der Waals surface area contributed by atoms with Crippen LogP contribution in [0.5, 0.6) is 0 Å². The number of aryl methyl sites for hydroxylation is 2. The van der Waals surface area contributed by atoms with Crippen LogP contribution in [0.15, 0.2) is 30.3 Å². The van der Waals surface area contributed by atoms with Gasteiger partial charge in [-0.3, -0.25) is 4.79 Å². The monoisotopic (exact) mass is 296 g/mol. The van der Waals surface area contributed by atoms with Crippen molar-refractivity contribution in [1.82, 2.24) is 5.32 Å². The first-order chi connectivity index (χ1) is 10.7. The molecule has 0 unspecified atom stereocenters. The van der Waals surface area contributed by atoms with Gasteiger partial charge in [-0.1, -0.05) is 24.3 Å². The van der Waals surface area contributed by atoms with E-state index in [-0.39, 0.29) is 18.1 Å². The molecule has 4 heteroatoms. The quantitative estimate of drug-likeness (QED) is 0.893. The number of rotatable bonds is 2. The standard InChI is InChI=1S/C18H20N2O2/c1-11-17(19-9-10-22-11)18(21)20-15-8-7-13-6-5-12-3-2-4-14(15)16(12)13/h2-4,7-8,11,17,19H,5-6,9-10H2,1H3,(H,20,21)/t11-,17+/m1/s1. The molecule has 0 bridgehead atoms. The normalized spacial score (nSPS) is 23.7. The number of carbonyl (C=O) groups is 1. The lowest BCUT2D eigenvalue weighted by Gasteiger charge is -2.29. The molecule has 1 fully saturated rings. The highest BCUT2D eigenvalue weighted by molar-refractivity contribution is 6.06.